The molecule has 0 bridgehead atoms. The first-order chi connectivity index (χ1) is 15.4. The SMILES string of the molecule is Cc1cnn(-c2nccc(-c3cccc(-c4cc([C@]5(O)CCN(C)C5=O)on4)n3)n2)c1N. The molecule has 1 aliphatic heterocycles. The Labute approximate surface area is 182 Å². The third-order valence-corrected chi connectivity index (χ3v) is 5.53. The molecule has 1 amide bonds. The maximum Gasteiger partial charge on any atom is 0.262 e. The van der Waals surface area contributed by atoms with E-state index in [0.717, 1.165) is 5.56 Å². The van der Waals surface area contributed by atoms with Crippen LogP contribution in [-0.2, 0) is 10.4 Å². The van der Waals surface area contributed by atoms with E-state index in [0.29, 0.717) is 41.1 Å². The smallest absolute Gasteiger partial charge is 0.262 e. The van der Waals surface area contributed by atoms with E-state index in [-0.39, 0.29) is 12.2 Å². The van der Waals surface area contributed by atoms with Gasteiger partial charge in [-0.2, -0.15) is 9.78 Å². The molecule has 1 aliphatic rings. The number of rotatable bonds is 4. The number of nitrogen functional groups attached to an aromatic ring is 1. The number of likely N-dealkylation sites (N-methyl/N-ethyl adjacent to an activating group) is 1. The summed E-state index contributed by atoms with van der Waals surface area (Å²) >= 11 is 0. The highest BCUT2D eigenvalue weighted by atomic mass is 16.5. The molecule has 11 heteroatoms. The minimum Gasteiger partial charge on any atom is -0.383 e. The van der Waals surface area contributed by atoms with Gasteiger partial charge in [0, 0.05) is 37.8 Å². The number of aryl methyl sites for hydroxylation is 1. The molecule has 32 heavy (non-hydrogen) atoms. The molecule has 162 valence electrons. The van der Waals surface area contributed by atoms with Gasteiger partial charge in [0.2, 0.25) is 5.60 Å². The van der Waals surface area contributed by atoms with Gasteiger partial charge < -0.3 is 20.3 Å². The van der Waals surface area contributed by atoms with Gasteiger partial charge in [0.05, 0.1) is 23.3 Å². The van der Waals surface area contributed by atoms with E-state index in [1.165, 1.54) is 9.58 Å². The van der Waals surface area contributed by atoms with Gasteiger partial charge in [-0.25, -0.2) is 15.0 Å². The molecule has 0 aliphatic carbocycles. The Morgan fingerprint density at radius 2 is 1.91 bits per heavy atom. The summed E-state index contributed by atoms with van der Waals surface area (Å²) in [4.78, 5) is 27.2. The van der Waals surface area contributed by atoms with Crippen molar-refractivity contribution in [3.8, 4) is 28.7 Å². The van der Waals surface area contributed by atoms with Crippen molar-refractivity contribution in [2.75, 3.05) is 19.3 Å². The van der Waals surface area contributed by atoms with Crippen LogP contribution >= 0.6 is 0 Å². The third kappa shape index (κ3) is 3.10. The lowest BCUT2D eigenvalue weighted by Gasteiger charge is -2.16. The minimum absolute atomic E-state index is 0.0999. The van der Waals surface area contributed by atoms with Crippen LogP contribution in [0.3, 0.4) is 0 Å². The second-order valence-electron chi connectivity index (χ2n) is 7.69. The largest absolute Gasteiger partial charge is 0.383 e. The molecule has 0 aromatic carbocycles. The van der Waals surface area contributed by atoms with Crippen molar-refractivity contribution in [1.82, 2.24) is 34.8 Å². The van der Waals surface area contributed by atoms with Crippen LogP contribution in [0, 0.1) is 6.92 Å². The van der Waals surface area contributed by atoms with E-state index >= 15 is 0 Å². The zero-order chi connectivity index (χ0) is 22.5. The number of likely N-dealkylation sites (tertiary alicyclic amines) is 1. The van der Waals surface area contributed by atoms with E-state index in [2.05, 4.69) is 25.2 Å². The molecule has 4 aromatic rings. The first kappa shape index (κ1) is 19.8. The van der Waals surface area contributed by atoms with Crippen LogP contribution in [0.25, 0.3) is 28.7 Å². The fourth-order valence-corrected chi connectivity index (χ4v) is 3.59. The highest BCUT2D eigenvalue weighted by molar-refractivity contribution is 5.87. The number of hydrogen-bond donors (Lipinski definition) is 2. The molecule has 1 saturated heterocycles. The highest BCUT2D eigenvalue weighted by Gasteiger charge is 2.48. The minimum atomic E-state index is -1.71. The predicted octanol–water partition coefficient (Wildman–Crippen LogP) is 1.32. The topological polar surface area (TPSA) is 149 Å². The summed E-state index contributed by atoms with van der Waals surface area (Å²) in [5, 5.41) is 19.0. The summed E-state index contributed by atoms with van der Waals surface area (Å²) in [6.45, 7) is 2.29. The number of aliphatic hydroxyl groups is 1. The Bertz CT molecular complexity index is 1330. The molecule has 0 spiro atoms. The van der Waals surface area contributed by atoms with Crippen molar-refractivity contribution >= 4 is 11.7 Å². The molecule has 1 fully saturated rings. The van der Waals surface area contributed by atoms with Crippen LogP contribution in [-0.4, -0.2) is 59.4 Å². The summed E-state index contributed by atoms with van der Waals surface area (Å²) < 4.78 is 6.79. The van der Waals surface area contributed by atoms with Crippen molar-refractivity contribution in [1.29, 1.82) is 0 Å². The van der Waals surface area contributed by atoms with Gasteiger partial charge in [-0.3, -0.25) is 4.79 Å². The van der Waals surface area contributed by atoms with E-state index < -0.39 is 11.5 Å². The second-order valence-corrected chi connectivity index (χ2v) is 7.69. The molecular weight excluding hydrogens is 412 g/mol. The first-order valence-corrected chi connectivity index (χ1v) is 9.93. The Morgan fingerprint density at radius 3 is 2.59 bits per heavy atom. The van der Waals surface area contributed by atoms with Crippen molar-refractivity contribution < 1.29 is 14.4 Å². The zero-order valence-electron chi connectivity index (χ0n) is 17.4. The number of amides is 1. The third-order valence-electron chi connectivity index (χ3n) is 5.53. The quantitative estimate of drug-likeness (QED) is 0.487. The second kappa shape index (κ2) is 7.24. The van der Waals surface area contributed by atoms with Crippen molar-refractivity contribution in [2.24, 2.45) is 0 Å². The standard InChI is InChI=1S/C21H20N8O3/c1-12-11-24-29(18(12)22)20-23-8-6-15(26-20)13-4-3-5-14(25-13)16-10-17(32-27-16)21(31)7-9-28(2)19(21)30/h3-6,8,10-11,31H,7,9,22H2,1-2H3/t21-/m1/s1. The number of aromatic nitrogens is 6. The molecule has 5 heterocycles. The molecular formula is C21H20N8O3. The lowest BCUT2D eigenvalue weighted by Crippen LogP contribution is -2.35. The number of carbonyl (C=O) groups is 1. The summed E-state index contributed by atoms with van der Waals surface area (Å²) in [5.74, 6) is 0.477. The number of nitrogens with zero attached hydrogens (tertiary/aromatic N) is 7. The highest BCUT2D eigenvalue weighted by Crippen LogP contribution is 2.34. The lowest BCUT2D eigenvalue weighted by atomic mass is 9.98. The van der Waals surface area contributed by atoms with Crippen LogP contribution in [0.1, 0.15) is 17.7 Å². The molecule has 4 aromatic heterocycles. The average Bonchev–Trinajstić information content (AvgIpc) is 3.51. The fourth-order valence-electron chi connectivity index (χ4n) is 3.59. The molecule has 11 nitrogen and oxygen atoms in total. The van der Waals surface area contributed by atoms with Gasteiger partial charge >= 0.3 is 0 Å². The number of nitrogens with two attached hydrogens (primary N) is 1. The first-order valence-electron chi connectivity index (χ1n) is 9.93. The Hall–Kier alpha value is -4.12. The van der Waals surface area contributed by atoms with Crippen molar-refractivity contribution in [3.05, 3.63) is 54.0 Å². The maximum absolute atomic E-state index is 12.3. The average molecular weight is 432 g/mol. The van der Waals surface area contributed by atoms with E-state index in [1.54, 1.807) is 43.7 Å². The van der Waals surface area contributed by atoms with Gasteiger partial charge in [-0.1, -0.05) is 11.2 Å². The zero-order valence-corrected chi connectivity index (χ0v) is 17.4. The van der Waals surface area contributed by atoms with Gasteiger partial charge in [-0.05, 0) is 25.1 Å². The molecule has 1 atom stereocenters. The fraction of sp³-hybridized carbons (Fsp3) is 0.238. The molecule has 0 radical (unpaired) electrons. The van der Waals surface area contributed by atoms with Crippen LogP contribution in [0.15, 0.2) is 47.2 Å². The Morgan fingerprint density at radius 1 is 1.16 bits per heavy atom. The summed E-state index contributed by atoms with van der Waals surface area (Å²) in [5.41, 5.74) is 7.22. The van der Waals surface area contributed by atoms with Gasteiger partial charge in [0.25, 0.3) is 11.9 Å². The van der Waals surface area contributed by atoms with E-state index in [1.807, 2.05) is 13.0 Å². The normalized spacial score (nSPS) is 18.5. The summed E-state index contributed by atoms with van der Waals surface area (Å²) in [6, 6.07) is 8.64. The van der Waals surface area contributed by atoms with Gasteiger partial charge in [0.1, 0.15) is 11.5 Å². The summed E-state index contributed by atoms with van der Waals surface area (Å²) in [7, 11) is 1.64. The van der Waals surface area contributed by atoms with Crippen LogP contribution in [0.5, 0.6) is 0 Å². The maximum atomic E-state index is 12.3. The number of anilines is 1. The predicted molar refractivity (Wildman–Crippen MR) is 113 cm³/mol. The number of pyridine rings is 1. The van der Waals surface area contributed by atoms with Crippen LogP contribution in [0.4, 0.5) is 5.82 Å². The van der Waals surface area contributed by atoms with Crippen LogP contribution < -0.4 is 5.73 Å². The monoisotopic (exact) mass is 432 g/mol. The van der Waals surface area contributed by atoms with Crippen molar-refractivity contribution in [2.45, 2.75) is 18.9 Å². The van der Waals surface area contributed by atoms with Crippen molar-refractivity contribution in [3.63, 3.8) is 0 Å². The lowest BCUT2D eigenvalue weighted by molar-refractivity contribution is -0.144. The number of carbonyl (C=O) groups excluding carboxylic acids is 1. The molecule has 5 rings (SSSR count). The Balaban J connectivity index is 1.48. The van der Waals surface area contributed by atoms with Gasteiger partial charge in [0.15, 0.2) is 5.76 Å². The number of hydrogen-bond acceptors (Lipinski definition) is 9. The Kier molecular flexibility index (Phi) is 4.48. The molecule has 3 N–H and O–H groups in total. The molecule has 0 unspecified atom stereocenters. The van der Waals surface area contributed by atoms with Crippen LogP contribution in [0.2, 0.25) is 0 Å². The van der Waals surface area contributed by atoms with Gasteiger partial charge in [-0.15, -0.1) is 0 Å². The van der Waals surface area contributed by atoms with E-state index in [9.17, 15) is 9.90 Å². The molecule has 0 saturated carbocycles. The van der Waals surface area contributed by atoms with E-state index in [4.69, 9.17) is 10.3 Å². The summed E-state index contributed by atoms with van der Waals surface area (Å²) in [6.07, 6.45) is 3.49.